The molecule has 3 amide bonds. The van der Waals surface area contributed by atoms with Crippen molar-refractivity contribution in [1.82, 2.24) is 4.90 Å². The van der Waals surface area contributed by atoms with Gasteiger partial charge in [-0.05, 0) is 18.2 Å². The number of fused-ring (bicyclic) bond motifs is 1. The fourth-order valence-electron chi connectivity index (χ4n) is 2.38. The molecular weight excluding hydrogens is 302 g/mol. The van der Waals surface area contributed by atoms with Gasteiger partial charge in [-0.25, -0.2) is 4.90 Å². The van der Waals surface area contributed by atoms with E-state index in [0.717, 1.165) is 6.07 Å². The predicted octanol–water partition coefficient (Wildman–Crippen LogP) is 1.61. The molecule has 0 aliphatic carbocycles. The Hall–Kier alpha value is -3.55. The Labute approximate surface area is 129 Å². The van der Waals surface area contributed by atoms with Crippen LogP contribution in [0, 0.1) is 10.1 Å². The van der Waals surface area contributed by atoms with Crippen molar-refractivity contribution in [2.75, 3.05) is 5.73 Å². The van der Waals surface area contributed by atoms with Crippen LogP contribution in [0.15, 0.2) is 42.5 Å². The number of imide groups is 3. The molecule has 114 valence electrons. The third kappa shape index (κ3) is 2.13. The molecule has 0 unspecified atom stereocenters. The van der Waals surface area contributed by atoms with Crippen molar-refractivity contribution in [2.45, 2.75) is 0 Å². The van der Waals surface area contributed by atoms with E-state index in [0.29, 0.717) is 4.90 Å². The molecule has 1 aliphatic heterocycles. The number of amides is 3. The maximum atomic E-state index is 12.4. The first-order valence-corrected chi connectivity index (χ1v) is 6.48. The molecule has 8 nitrogen and oxygen atoms in total. The molecule has 23 heavy (non-hydrogen) atoms. The van der Waals surface area contributed by atoms with Crippen LogP contribution in [0.5, 0.6) is 0 Å². The van der Waals surface area contributed by atoms with Gasteiger partial charge in [0.05, 0.1) is 16.1 Å². The molecule has 2 N–H and O–H groups in total. The molecule has 3 rings (SSSR count). The first-order valence-electron chi connectivity index (χ1n) is 6.48. The second-order valence-electron chi connectivity index (χ2n) is 4.83. The summed E-state index contributed by atoms with van der Waals surface area (Å²) in [4.78, 5) is 47.6. The minimum atomic E-state index is -0.931. The molecule has 0 saturated carbocycles. The van der Waals surface area contributed by atoms with Gasteiger partial charge in [0.15, 0.2) is 0 Å². The Kier molecular flexibility index (Phi) is 3.14. The maximum absolute atomic E-state index is 12.4. The van der Waals surface area contributed by atoms with Crippen molar-refractivity contribution in [2.24, 2.45) is 0 Å². The number of non-ortho nitro benzene ring substituents is 1. The number of carbonyl (C=O) groups is 3. The van der Waals surface area contributed by atoms with Crippen LogP contribution in [0.4, 0.5) is 11.4 Å². The Balaban J connectivity index is 2.04. The summed E-state index contributed by atoms with van der Waals surface area (Å²) in [5.41, 5.74) is 5.34. The third-order valence-electron chi connectivity index (χ3n) is 3.45. The summed E-state index contributed by atoms with van der Waals surface area (Å²) in [6.45, 7) is 0. The van der Waals surface area contributed by atoms with Crippen LogP contribution in [-0.4, -0.2) is 27.5 Å². The van der Waals surface area contributed by atoms with E-state index < -0.39 is 22.6 Å². The highest BCUT2D eigenvalue weighted by molar-refractivity contribution is 6.32. The lowest BCUT2D eigenvalue weighted by Gasteiger charge is -2.11. The van der Waals surface area contributed by atoms with Crippen molar-refractivity contribution in [3.63, 3.8) is 0 Å². The molecule has 0 bridgehead atoms. The molecule has 1 heterocycles. The van der Waals surface area contributed by atoms with Gasteiger partial charge >= 0.3 is 0 Å². The van der Waals surface area contributed by atoms with Gasteiger partial charge in [0, 0.05) is 23.4 Å². The number of rotatable bonds is 2. The number of nitrogens with zero attached hydrogens (tertiary/aromatic N) is 2. The molecule has 8 heteroatoms. The van der Waals surface area contributed by atoms with Crippen molar-refractivity contribution in [3.8, 4) is 0 Å². The van der Waals surface area contributed by atoms with Crippen molar-refractivity contribution >= 4 is 29.1 Å². The van der Waals surface area contributed by atoms with Crippen LogP contribution in [0.3, 0.4) is 0 Å². The van der Waals surface area contributed by atoms with E-state index in [2.05, 4.69) is 0 Å². The van der Waals surface area contributed by atoms with Crippen molar-refractivity contribution < 1.29 is 19.3 Å². The number of nitro groups is 1. The average Bonchev–Trinajstić information content (AvgIpc) is 2.79. The molecular formula is C15H9N3O5. The van der Waals surface area contributed by atoms with Gasteiger partial charge in [-0.2, -0.15) is 0 Å². The van der Waals surface area contributed by atoms with E-state index in [-0.39, 0.29) is 28.1 Å². The predicted molar refractivity (Wildman–Crippen MR) is 78.8 cm³/mol. The van der Waals surface area contributed by atoms with Crippen LogP contribution in [0.25, 0.3) is 0 Å². The highest BCUT2D eigenvalue weighted by Crippen LogP contribution is 2.29. The quantitative estimate of drug-likeness (QED) is 0.389. The Morgan fingerprint density at radius 2 is 1.78 bits per heavy atom. The first-order chi connectivity index (χ1) is 10.9. The highest BCUT2D eigenvalue weighted by atomic mass is 16.6. The summed E-state index contributed by atoms with van der Waals surface area (Å²) in [5.74, 6) is -2.56. The number of hydrogen-bond acceptors (Lipinski definition) is 6. The van der Waals surface area contributed by atoms with Crippen LogP contribution >= 0.6 is 0 Å². The fourth-order valence-corrected chi connectivity index (χ4v) is 2.38. The topological polar surface area (TPSA) is 124 Å². The van der Waals surface area contributed by atoms with Crippen LogP contribution in [0.1, 0.15) is 31.1 Å². The fraction of sp³-hybridized carbons (Fsp3) is 0. The molecule has 2 aromatic carbocycles. The lowest BCUT2D eigenvalue weighted by molar-refractivity contribution is -0.384. The molecule has 0 radical (unpaired) electrons. The Morgan fingerprint density at radius 3 is 2.43 bits per heavy atom. The monoisotopic (exact) mass is 311 g/mol. The Morgan fingerprint density at radius 1 is 1.09 bits per heavy atom. The normalized spacial score (nSPS) is 13.1. The summed E-state index contributed by atoms with van der Waals surface area (Å²) in [5, 5.41) is 10.8. The van der Waals surface area contributed by atoms with Gasteiger partial charge in [0.25, 0.3) is 23.4 Å². The molecule has 0 atom stereocenters. The van der Waals surface area contributed by atoms with Crippen LogP contribution < -0.4 is 5.73 Å². The van der Waals surface area contributed by atoms with Crippen LogP contribution in [-0.2, 0) is 0 Å². The number of nitro benzene ring substituents is 1. The van der Waals surface area contributed by atoms with Gasteiger partial charge in [-0.15, -0.1) is 0 Å². The van der Waals surface area contributed by atoms with E-state index in [4.69, 9.17) is 5.73 Å². The van der Waals surface area contributed by atoms with Crippen molar-refractivity contribution in [1.29, 1.82) is 0 Å². The van der Waals surface area contributed by atoms with E-state index in [1.54, 1.807) is 0 Å². The number of carbonyl (C=O) groups excluding carboxylic acids is 3. The largest absolute Gasteiger partial charge is 0.398 e. The molecule has 0 aromatic heterocycles. The summed E-state index contributed by atoms with van der Waals surface area (Å²) in [6, 6.07) is 9.16. The SMILES string of the molecule is Nc1cccc2c1C(=O)N(C(=O)c1cccc([N+](=O)[O-])c1)C2=O. The van der Waals surface area contributed by atoms with E-state index >= 15 is 0 Å². The summed E-state index contributed by atoms with van der Waals surface area (Å²) in [6.07, 6.45) is 0. The summed E-state index contributed by atoms with van der Waals surface area (Å²) >= 11 is 0. The number of anilines is 1. The van der Waals surface area contributed by atoms with Gasteiger partial charge < -0.3 is 5.73 Å². The zero-order chi connectivity index (χ0) is 16.7. The van der Waals surface area contributed by atoms with Gasteiger partial charge in [-0.1, -0.05) is 12.1 Å². The van der Waals surface area contributed by atoms with Gasteiger partial charge in [-0.3, -0.25) is 24.5 Å². The van der Waals surface area contributed by atoms with E-state index in [1.165, 1.54) is 36.4 Å². The molecule has 1 aliphatic rings. The summed E-state index contributed by atoms with van der Waals surface area (Å²) < 4.78 is 0. The molecule has 2 aromatic rings. The van der Waals surface area contributed by atoms with E-state index in [9.17, 15) is 24.5 Å². The standard InChI is InChI=1S/C15H9N3O5/c16-11-6-2-5-10-12(11)15(21)17(14(10)20)13(19)8-3-1-4-9(7-8)18(22)23/h1-7H,16H2. The lowest BCUT2D eigenvalue weighted by Crippen LogP contribution is -2.36. The summed E-state index contributed by atoms with van der Waals surface area (Å²) in [7, 11) is 0. The number of benzene rings is 2. The lowest BCUT2D eigenvalue weighted by atomic mass is 10.1. The maximum Gasteiger partial charge on any atom is 0.270 e. The number of nitrogens with two attached hydrogens (primary N) is 1. The zero-order valence-electron chi connectivity index (χ0n) is 11.6. The van der Waals surface area contributed by atoms with E-state index in [1.807, 2.05) is 0 Å². The number of hydrogen-bond donors (Lipinski definition) is 1. The number of nitrogen functional groups attached to an aromatic ring is 1. The zero-order valence-corrected chi connectivity index (χ0v) is 11.6. The highest BCUT2D eigenvalue weighted by Gasteiger charge is 2.41. The van der Waals surface area contributed by atoms with Gasteiger partial charge in [0.2, 0.25) is 0 Å². The minimum Gasteiger partial charge on any atom is -0.398 e. The second kappa shape index (κ2) is 5.02. The van der Waals surface area contributed by atoms with Crippen molar-refractivity contribution in [3.05, 3.63) is 69.3 Å². The first kappa shape index (κ1) is 14.4. The Bertz CT molecular complexity index is 890. The molecule has 0 fully saturated rings. The second-order valence-corrected chi connectivity index (χ2v) is 4.83. The molecule has 0 saturated heterocycles. The molecule has 0 spiro atoms. The van der Waals surface area contributed by atoms with Gasteiger partial charge in [0.1, 0.15) is 0 Å². The smallest absolute Gasteiger partial charge is 0.270 e. The minimum absolute atomic E-state index is 0.0312. The third-order valence-corrected chi connectivity index (χ3v) is 3.45. The van der Waals surface area contributed by atoms with Crippen LogP contribution in [0.2, 0.25) is 0 Å². The average molecular weight is 311 g/mol.